The molecule has 0 unspecified atom stereocenters. The number of para-hydroxylation sites is 1. The minimum atomic E-state index is 0.256. The highest BCUT2D eigenvalue weighted by atomic mass is 35.5. The predicted molar refractivity (Wildman–Crippen MR) is 82.0 cm³/mol. The van der Waals surface area contributed by atoms with Gasteiger partial charge < -0.3 is 9.88 Å². The van der Waals surface area contributed by atoms with Gasteiger partial charge in [-0.2, -0.15) is 0 Å². The van der Waals surface area contributed by atoms with Gasteiger partial charge in [0.25, 0.3) is 0 Å². The molecule has 1 aromatic carbocycles. The van der Waals surface area contributed by atoms with Crippen LogP contribution in [0.25, 0.3) is 10.9 Å². The molecule has 1 aliphatic heterocycles. The third kappa shape index (κ3) is 2.55. The Kier molecular flexibility index (Phi) is 3.97. The van der Waals surface area contributed by atoms with E-state index in [1.807, 2.05) is 11.0 Å². The van der Waals surface area contributed by atoms with E-state index in [2.05, 4.69) is 23.2 Å². The molecule has 0 saturated heterocycles. The zero-order valence-corrected chi connectivity index (χ0v) is 12.2. The average molecular weight is 291 g/mol. The molecule has 106 valence electrons. The monoisotopic (exact) mass is 290 g/mol. The maximum absolute atomic E-state index is 12.2. The van der Waals surface area contributed by atoms with E-state index in [1.165, 1.54) is 22.2 Å². The summed E-state index contributed by atoms with van der Waals surface area (Å²) in [6.07, 6.45) is 3.34. The van der Waals surface area contributed by atoms with E-state index < -0.39 is 0 Å². The molecule has 0 spiro atoms. The molecule has 2 aromatic rings. The number of aromatic amines is 1. The van der Waals surface area contributed by atoms with Gasteiger partial charge >= 0.3 is 0 Å². The van der Waals surface area contributed by atoms with Gasteiger partial charge in [-0.25, -0.2) is 0 Å². The third-order valence-corrected chi connectivity index (χ3v) is 4.28. The number of hydrogen-bond donors (Lipinski definition) is 1. The summed E-state index contributed by atoms with van der Waals surface area (Å²) in [4.78, 5) is 17.7. The number of nitrogens with one attached hydrogen (secondary N) is 1. The van der Waals surface area contributed by atoms with Crippen molar-refractivity contribution in [1.82, 2.24) is 9.88 Å². The van der Waals surface area contributed by atoms with E-state index in [4.69, 9.17) is 11.6 Å². The molecule has 3 rings (SSSR count). The summed E-state index contributed by atoms with van der Waals surface area (Å²) in [5.74, 6) is 0.894. The van der Waals surface area contributed by atoms with Gasteiger partial charge in [0, 0.05) is 54.0 Å². The molecule has 0 atom stereocenters. The maximum Gasteiger partial charge on any atom is 0.222 e. The number of unbranched alkanes of at least 4 members (excludes halogenated alkanes) is 1. The highest BCUT2D eigenvalue weighted by Gasteiger charge is 2.23. The largest absolute Gasteiger partial charge is 0.358 e. The normalized spacial score (nSPS) is 14.6. The molecule has 2 heterocycles. The number of alkyl halides is 1. The van der Waals surface area contributed by atoms with Crippen LogP contribution < -0.4 is 0 Å². The molecule has 1 aromatic heterocycles. The SMILES string of the molecule is O=C(CCCCCl)N1CCc2[nH]c3ccccc3c2C1. The highest BCUT2D eigenvalue weighted by molar-refractivity contribution is 6.17. The fraction of sp³-hybridized carbons (Fsp3) is 0.438. The van der Waals surface area contributed by atoms with Crippen molar-refractivity contribution in [3.05, 3.63) is 35.5 Å². The Balaban J connectivity index is 1.76. The van der Waals surface area contributed by atoms with E-state index >= 15 is 0 Å². The first-order chi connectivity index (χ1) is 9.79. The molecule has 1 aliphatic rings. The lowest BCUT2D eigenvalue weighted by Gasteiger charge is -2.27. The zero-order valence-electron chi connectivity index (χ0n) is 11.5. The van der Waals surface area contributed by atoms with Gasteiger partial charge in [-0.3, -0.25) is 4.79 Å². The van der Waals surface area contributed by atoms with Gasteiger partial charge in [0.15, 0.2) is 0 Å². The topological polar surface area (TPSA) is 36.1 Å². The van der Waals surface area contributed by atoms with E-state index in [9.17, 15) is 4.79 Å². The van der Waals surface area contributed by atoms with Crippen molar-refractivity contribution in [1.29, 1.82) is 0 Å². The van der Waals surface area contributed by atoms with Crippen molar-refractivity contribution in [3.8, 4) is 0 Å². The first-order valence-electron chi connectivity index (χ1n) is 7.22. The molecule has 3 nitrogen and oxygen atoms in total. The number of amides is 1. The van der Waals surface area contributed by atoms with Crippen LogP contribution in [0.2, 0.25) is 0 Å². The van der Waals surface area contributed by atoms with Gasteiger partial charge in [-0.05, 0) is 18.9 Å². The van der Waals surface area contributed by atoms with Crippen LogP contribution in [0, 0.1) is 0 Å². The lowest BCUT2D eigenvalue weighted by Crippen LogP contribution is -2.35. The molecule has 0 saturated carbocycles. The van der Waals surface area contributed by atoms with Gasteiger partial charge in [0.2, 0.25) is 5.91 Å². The number of H-pyrrole nitrogens is 1. The van der Waals surface area contributed by atoms with Crippen LogP contribution in [0.5, 0.6) is 0 Å². The Morgan fingerprint density at radius 1 is 1.30 bits per heavy atom. The Morgan fingerprint density at radius 2 is 2.15 bits per heavy atom. The van der Waals surface area contributed by atoms with Gasteiger partial charge in [-0.15, -0.1) is 11.6 Å². The third-order valence-electron chi connectivity index (χ3n) is 4.01. The highest BCUT2D eigenvalue weighted by Crippen LogP contribution is 2.27. The number of nitrogens with zero attached hydrogens (tertiary/aromatic N) is 1. The van der Waals surface area contributed by atoms with Crippen molar-refractivity contribution in [2.75, 3.05) is 12.4 Å². The predicted octanol–water partition coefficient (Wildman–Crippen LogP) is 3.46. The molecule has 1 amide bonds. The standard InChI is InChI=1S/C16H19ClN2O/c17-9-4-3-7-16(20)19-10-8-15-13(11-19)12-5-1-2-6-14(12)18-15/h1-2,5-6,18H,3-4,7-11H2. The lowest BCUT2D eigenvalue weighted by molar-refractivity contribution is -0.132. The number of carbonyl (C=O) groups excluding carboxylic acids is 1. The molecular weight excluding hydrogens is 272 g/mol. The molecule has 0 bridgehead atoms. The second kappa shape index (κ2) is 5.88. The van der Waals surface area contributed by atoms with Crippen molar-refractivity contribution in [2.45, 2.75) is 32.2 Å². The molecule has 20 heavy (non-hydrogen) atoms. The summed E-state index contributed by atoms with van der Waals surface area (Å²) in [5, 5.41) is 1.25. The van der Waals surface area contributed by atoms with Crippen LogP contribution in [0.1, 0.15) is 30.5 Å². The minimum absolute atomic E-state index is 0.256. The first-order valence-corrected chi connectivity index (χ1v) is 7.75. The van der Waals surface area contributed by atoms with Crippen molar-refractivity contribution < 1.29 is 4.79 Å². The molecule has 0 fully saturated rings. The summed E-state index contributed by atoms with van der Waals surface area (Å²) >= 11 is 5.66. The van der Waals surface area contributed by atoms with E-state index in [0.717, 1.165) is 32.4 Å². The Labute approximate surface area is 123 Å². The molecule has 4 heteroatoms. The molecule has 1 N–H and O–H groups in total. The summed E-state index contributed by atoms with van der Waals surface area (Å²) in [6.45, 7) is 1.55. The number of benzene rings is 1. The number of aromatic nitrogens is 1. The zero-order chi connectivity index (χ0) is 13.9. The van der Waals surface area contributed by atoms with E-state index in [0.29, 0.717) is 12.3 Å². The summed E-state index contributed by atoms with van der Waals surface area (Å²) in [5.41, 5.74) is 3.75. The molecule has 0 radical (unpaired) electrons. The van der Waals surface area contributed by atoms with Gasteiger partial charge in [0.1, 0.15) is 0 Å². The number of hydrogen-bond acceptors (Lipinski definition) is 1. The Bertz CT molecular complexity index is 620. The molecular formula is C16H19ClN2O. The fourth-order valence-electron chi connectivity index (χ4n) is 2.91. The number of rotatable bonds is 4. The van der Waals surface area contributed by atoms with Gasteiger partial charge in [-0.1, -0.05) is 18.2 Å². The van der Waals surface area contributed by atoms with Crippen LogP contribution in [-0.4, -0.2) is 28.2 Å². The van der Waals surface area contributed by atoms with Crippen LogP contribution in [0.15, 0.2) is 24.3 Å². The van der Waals surface area contributed by atoms with Crippen LogP contribution in [0.4, 0.5) is 0 Å². The number of fused-ring (bicyclic) bond motifs is 3. The second-order valence-corrected chi connectivity index (χ2v) is 5.72. The smallest absolute Gasteiger partial charge is 0.222 e. The maximum atomic E-state index is 12.2. The van der Waals surface area contributed by atoms with Crippen molar-refractivity contribution in [2.24, 2.45) is 0 Å². The van der Waals surface area contributed by atoms with E-state index in [-0.39, 0.29) is 5.91 Å². The van der Waals surface area contributed by atoms with Crippen LogP contribution in [0.3, 0.4) is 0 Å². The Hall–Kier alpha value is -1.48. The number of halogens is 1. The first kappa shape index (κ1) is 13.5. The van der Waals surface area contributed by atoms with Crippen molar-refractivity contribution in [3.63, 3.8) is 0 Å². The number of carbonyl (C=O) groups is 1. The summed E-state index contributed by atoms with van der Waals surface area (Å²) in [7, 11) is 0. The molecule has 0 aliphatic carbocycles. The summed E-state index contributed by atoms with van der Waals surface area (Å²) < 4.78 is 0. The second-order valence-electron chi connectivity index (χ2n) is 5.34. The van der Waals surface area contributed by atoms with Crippen LogP contribution in [-0.2, 0) is 17.8 Å². The summed E-state index contributed by atoms with van der Waals surface area (Å²) in [6, 6.07) is 8.32. The quantitative estimate of drug-likeness (QED) is 0.679. The van der Waals surface area contributed by atoms with E-state index in [1.54, 1.807) is 0 Å². The van der Waals surface area contributed by atoms with Crippen LogP contribution >= 0.6 is 11.6 Å². The Morgan fingerprint density at radius 3 is 3.00 bits per heavy atom. The van der Waals surface area contributed by atoms with Crippen molar-refractivity contribution >= 4 is 28.4 Å². The fourth-order valence-corrected chi connectivity index (χ4v) is 3.10. The minimum Gasteiger partial charge on any atom is -0.358 e. The lowest BCUT2D eigenvalue weighted by atomic mass is 10.0. The van der Waals surface area contributed by atoms with Gasteiger partial charge in [0.05, 0.1) is 0 Å². The average Bonchev–Trinajstić information content (AvgIpc) is 2.85.